The van der Waals surface area contributed by atoms with E-state index in [0.717, 1.165) is 69.4 Å². The molecule has 1 aromatic carbocycles. The van der Waals surface area contributed by atoms with Crippen LogP contribution in [0.1, 0.15) is 44.6 Å². The van der Waals surface area contributed by atoms with Crippen LogP contribution < -0.4 is 10.6 Å². The molecule has 2 N–H and O–H groups in total. The zero-order valence-electron chi connectivity index (χ0n) is 16.2. The van der Waals surface area contributed by atoms with Gasteiger partial charge in [0.25, 0.3) is 0 Å². The van der Waals surface area contributed by atoms with Crippen LogP contribution in [-0.4, -0.2) is 49.5 Å². The second-order valence-electron chi connectivity index (χ2n) is 6.61. The van der Waals surface area contributed by atoms with Crippen molar-refractivity contribution in [1.82, 2.24) is 15.5 Å². The molecule has 0 aliphatic carbocycles. The first-order valence-electron chi connectivity index (χ1n) is 9.73. The maximum absolute atomic E-state index is 12.0. The van der Waals surface area contributed by atoms with Crippen LogP contribution in [0, 0.1) is 0 Å². The number of nitrogens with one attached hydrogen (secondary N) is 2. The summed E-state index contributed by atoms with van der Waals surface area (Å²) in [6.07, 6.45) is 5.86. The maximum atomic E-state index is 12.0. The van der Waals surface area contributed by atoms with Crippen LogP contribution in [0.3, 0.4) is 0 Å². The Balaban J connectivity index is 0.00000364. The second kappa shape index (κ2) is 14.0. The largest absolute Gasteiger partial charge is 0.357 e. The Morgan fingerprint density at radius 3 is 2.70 bits per heavy atom. The number of hydrogen-bond donors (Lipinski definition) is 2. The van der Waals surface area contributed by atoms with E-state index < -0.39 is 0 Å². The van der Waals surface area contributed by atoms with E-state index in [1.165, 1.54) is 12.0 Å². The van der Waals surface area contributed by atoms with E-state index >= 15 is 0 Å². The van der Waals surface area contributed by atoms with Crippen LogP contribution in [0.2, 0.25) is 5.02 Å². The Morgan fingerprint density at radius 2 is 1.96 bits per heavy atom. The van der Waals surface area contributed by atoms with Gasteiger partial charge in [-0.15, -0.1) is 24.0 Å². The summed E-state index contributed by atoms with van der Waals surface area (Å²) < 4.78 is 0. The predicted octanol–water partition coefficient (Wildman–Crippen LogP) is 3.85. The van der Waals surface area contributed by atoms with Crippen LogP contribution in [-0.2, 0) is 11.2 Å². The van der Waals surface area contributed by atoms with Gasteiger partial charge in [0.15, 0.2) is 5.96 Å². The zero-order chi connectivity index (χ0) is 18.6. The number of guanidine groups is 1. The Bertz CT molecular complexity index is 580. The van der Waals surface area contributed by atoms with Crippen molar-refractivity contribution in [3.05, 3.63) is 34.9 Å². The molecule has 0 spiro atoms. The molecule has 1 heterocycles. The van der Waals surface area contributed by atoms with E-state index in [4.69, 9.17) is 11.6 Å². The third kappa shape index (κ3) is 9.65. The maximum Gasteiger partial charge on any atom is 0.222 e. The summed E-state index contributed by atoms with van der Waals surface area (Å²) >= 11 is 5.91. The van der Waals surface area contributed by atoms with Crippen molar-refractivity contribution in [3.63, 3.8) is 0 Å². The number of nitrogens with zero attached hydrogens (tertiary/aromatic N) is 2. The molecule has 152 valence electrons. The summed E-state index contributed by atoms with van der Waals surface area (Å²) in [4.78, 5) is 18.6. The minimum Gasteiger partial charge on any atom is -0.357 e. The number of amides is 1. The third-order valence-electron chi connectivity index (χ3n) is 4.49. The standard InChI is InChI=1S/C20H31ClN4O.HI/c1-2-22-20(24-14-12-17-8-10-18(21)11-9-17)23-13-6-16-25-15-5-3-4-7-19(25)26;/h8-11H,2-7,12-16H2,1H3,(H2,22,23,24);1H. The first-order valence-corrected chi connectivity index (χ1v) is 10.1. The van der Waals surface area contributed by atoms with E-state index in [9.17, 15) is 4.79 Å². The van der Waals surface area contributed by atoms with Crippen LogP contribution in [0.4, 0.5) is 0 Å². The van der Waals surface area contributed by atoms with Gasteiger partial charge in [-0.1, -0.05) is 30.2 Å². The lowest BCUT2D eigenvalue weighted by molar-refractivity contribution is -0.130. The lowest BCUT2D eigenvalue weighted by atomic mass is 10.1. The molecule has 0 atom stereocenters. The van der Waals surface area contributed by atoms with E-state index in [2.05, 4.69) is 22.5 Å². The van der Waals surface area contributed by atoms with Crippen molar-refractivity contribution in [3.8, 4) is 0 Å². The zero-order valence-corrected chi connectivity index (χ0v) is 19.3. The topological polar surface area (TPSA) is 56.7 Å². The number of carbonyl (C=O) groups is 1. The summed E-state index contributed by atoms with van der Waals surface area (Å²) in [7, 11) is 0. The highest BCUT2D eigenvalue weighted by Crippen LogP contribution is 2.11. The molecule has 1 saturated heterocycles. The summed E-state index contributed by atoms with van der Waals surface area (Å²) in [5.41, 5.74) is 1.25. The number of rotatable bonds is 8. The molecule has 1 fully saturated rings. The quantitative estimate of drug-likeness (QED) is 0.244. The summed E-state index contributed by atoms with van der Waals surface area (Å²) in [5.74, 6) is 1.14. The van der Waals surface area contributed by atoms with E-state index in [0.29, 0.717) is 12.3 Å². The Hall–Kier alpha value is -1.02. The first kappa shape index (κ1) is 24.0. The fourth-order valence-electron chi connectivity index (χ4n) is 3.05. The molecule has 2 rings (SSSR count). The molecule has 0 bridgehead atoms. The smallest absolute Gasteiger partial charge is 0.222 e. The SMILES string of the molecule is CCNC(=NCCCN1CCCCCC1=O)NCCc1ccc(Cl)cc1.I. The molecule has 0 saturated carbocycles. The minimum absolute atomic E-state index is 0. The highest BCUT2D eigenvalue weighted by Gasteiger charge is 2.15. The number of benzene rings is 1. The Morgan fingerprint density at radius 1 is 1.19 bits per heavy atom. The van der Waals surface area contributed by atoms with E-state index in [-0.39, 0.29) is 24.0 Å². The van der Waals surface area contributed by atoms with Crippen LogP contribution in [0.5, 0.6) is 0 Å². The molecule has 27 heavy (non-hydrogen) atoms. The number of likely N-dealkylation sites (tertiary alicyclic amines) is 1. The van der Waals surface area contributed by atoms with Crippen molar-refractivity contribution in [2.45, 2.75) is 45.4 Å². The third-order valence-corrected chi connectivity index (χ3v) is 4.74. The Kier molecular flexibility index (Phi) is 12.5. The van der Waals surface area contributed by atoms with Crippen molar-refractivity contribution >= 4 is 47.4 Å². The van der Waals surface area contributed by atoms with Crippen molar-refractivity contribution in [2.24, 2.45) is 4.99 Å². The van der Waals surface area contributed by atoms with Gasteiger partial charge in [0, 0.05) is 44.2 Å². The number of carbonyl (C=O) groups excluding carboxylic acids is 1. The van der Waals surface area contributed by atoms with Gasteiger partial charge in [-0.25, -0.2) is 0 Å². The fourth-order valence-corrected chi connectivity index (χ4v) is 3.17. The van der Waals surface area contributed by atoms with Gasteiger partial charge in [-0.05, 0) is 50.3 Å². The highest BCUT2D eigenvalue weighted by molar-refractivity contribution is 14.0. The molecule has 1 aromatic rings. The average Bonchev–Trinajstić information content (AvgIpc) is 2.84. The van der Waals surface area contributed by atoms with Crippen LogP contribution >= 0.6 is 35.6 Å². The number of halogens is 2. The minimum atomic E-state index is 0. The molecular weight excluding hydrogens is 475 g/mol. The molecule has 1 aliphatic rings. The summed E-state index contributed by atoms with van der Waals surface area (Å²) in [5, 5.41) is 7.40. The van der Waals surface area contributed by atoms with Gasteiger partial charge >= 0.3 is 0 Å². The highest BCUT2D eigenvalue weighted by atomic mass is 127. The van der Waals surface area contributed by atoms with Gasteiger partial charge in [-0.2, -0.15) is 0 Å². The monoisotopic (exact) mass is 506 g/mol. The number of hydrogen-bond acceptors (Lipinski definition) is 2. The number of aliphatic imine (C=N–C) groups is 1. The second-order valence-corrected chi connectivity index (χ2v) is 7.05. The van der Waals surface area contributed by atoms with E-state index in [1.807, 2.05) is 29.2 Å². The van der Waals surface area contributed by atoms with Crippen molar-refractivity contribution in [1.29, 1.82) is 0 Å². The van der Waals surface area contributed by atoms with Gasteiger partial charge in [-0.3, -0.25) is 9.79 Å². The van der Waals surface area contributed by atoms with Crippen molar-refractivity contribution in [2.75, 3.05) is 32.7 Å². The van der Waals surface area contributed by atoms with E-state index in [1.54, 1.807) is 0 Å². The fraction of sp³-hybridized carbons (Fsp3) is 0.600. The van der Waals surface area contributed by atoms with Gasteiger partial charge < -0.3 is 15.5 Å². The molecule has 1 aliphatic heterocycles. The molecule has 7 heteroatoms. The molecule has 0 radical (unpaired) electrons. The molecular formula is C20H32ClIN4O. The lowest BCUT2D eigenvalue weighted by Crippen LogP contribution is -2.38. The van der Waals surface area contributed by atoms with Crippen LogP contribution in [0.25, 0.3) is 0 Å². The van der Waals surface area contributed by atoms with Gasteiger partial charge in [0.05, 0.1) is 0 Å². The van der Waals surface area contributed by atoms with Gasteiger partial charge in [0.1, 0.15) is 0 Å². The summed E-state index contributed by atoms with van der Waals surface area (Å²) in [6.45, 7) is 6.15. The lowest BCUT2D eigenvalue weighted by Gasteiger charge is -2.20. The normalized spacial score (nSPS) is 15.1. The summed E-state index contributed by atoms with van der Waals surface area (Å²) in [6, 6.07) is 7.93. The Labute approximate surface area is 185 Å². The molecule has 5 nitrogen and oxygen atoms in total. The molecule has 1 amide bonds. The van der Waals surface area contributed by atoms with Crippen molar-refractivity contribution < 1.29 is 4.79 Å². The molecule has 0 aromatic heterocycles. The van der Waals surface area contributed by atoms with Crippen LogP contribution in [0.15, 0.2) is 29.3 Å². The average molecular weight is 507 g/mol. The molecule has 0 unspecified atom stereocenters. The van der Waals surface area contributed by atoms with Gasteiger partial charge in [0.2, 0.25) is 5.91 Å². The first-order chi connectivity index (χ1) is 12.7. The predicted molar refractivity (Wildman–Crippen MR) is 124 cm³/mol.